The van der Waals surface area contributed by atoms with E-state index in [9.17, 15) is 0 Å². The highest BCUT2D eigenvalue weighted by molar-refractivity contribution is 8.32. The minimum atomic E-state index is -0.538. The lowest BCUT2D eigenvalue weighted by molar-refractivity contribution is 0.0747. The van der Waals surface area contributed by atoms with Gasteiger partial charge in [-0.15, -0.1) is 0 Å². The monoisotopic (exact) mass is 262 g/mol. The van der Waals surface area contributed by atoms with Gasteiger partial charge in [-0.05, 0) is 24.8 Å². The van der Waals surface area contributed by atoms with Crippen molar-refractivity contribution < 1.29 is 14.9 Å². The van der Waals surface area contributed by atoms with Crippen LogP contribution in [0.2, 0.25) is 0 Å². The van der Waals surface area contributed by atoms with Crippen molar-refractivity contribution in [3.05, 3.63) is 17.5 Å². The highest BCUT2D eigenvalue weighted by Crippen LogP contribution is 2.33. The second kappa shape index (κ2) is 6.39. The molecular formula is C11H22N2O3S. The Morgan fingerprint density at radius 1 is 1.29 bits per heavy atom. The molecule has 0 aliphatic heterocycles. The zero-order chi connectivity index (χ0) is 12.9. The van der Waals surface area contributed by atoms with E-state index >= 15 is 0 Å². The molecule has 0 unspecified atom stereocenters. The summed E-state index contributed by atoms with van der Waals surface area (Å²) in [5.41, 5.74) is 1.22. The Kier molecular flexibility index (Phi) is 5.45. The topological polar surface area (TPSA) is 67.5 Å². The van der Waals surface area contributed by atoms with E-state index in [0.717, 1.165) is 5.75 Å². The van der Waals surface area contributed by atoms with Gasteiger partial charge < -0.3 is 14.9 Å². The molecule has 0 saturated heterocycles. The summed E-state index contributed by atoms with van der Waals surface area (Å²) in [6, 6.07) is 1.68. The van der Waals surface area contributed by atoms with Crippen LogP contribution in [0.1, 0.15) is 11.4 Å². The standard InChI is InChI=1S/C11H22N2O3S/c1-17(2,3)5-4-16-9-13-11(8-15)6-10(7-14)12-13/h6,14-15H,4-5,7-9H2,1-3H3. The van der Waals surface area contributed by atoms with Gasteiger partial charge in [0.15, 0.2) is 0 Å². The number of aliphatic hydroxyl groups excluding tert-OH is 2. The third-order valence-electron chi connectivity index (χ3n) is 2.29. The predicted octanol–water partition coefficient (Wildman–Crippen LogP) is 0.536. The summed E-state index contributed by atoms with van der Waals surface area (Å²) in [5, 5.41) is 22.2. The second-order valence-corrected chi connectivity index (χ2v) is 9.36. The number of hydrogen-bond acceptors (Lipinski definition) is 4. The molecule has 0 atom stereocenters. The van der Waals surface area contributed by atoms with Crippen molar-refractivity contribution in [2.24, 2.45) is 0 Å². The van der Waals surface area contributed by atoms with E-state index in [1.165, 1.54) is 0 Å². The molecule has 0 fully saturated rings. The maximum atomic E-state index is 9.12. The summed E-state index contributed by atoms with van der Waals surface area (Å²) in [4.78, 5) is 0. The van der Waals surface area contributed by atoms with Crippen molar-refractivity contribution in [1.29, 1.82) is 0 Å². The van der Waals surface area contributed by atoms with Crippen molar-refractivity contribution in [1.82, 2.24) is 9.78 Å². The lowest BCUT2D eigenvalue weighted by Gasteiger charge is -2.24. The Bertz CT molecular complexity index is 347. The van der Waals surface area contributed by atoms with Crippen LogP contribution in [0.5, 0.6) is 0 Å². The summed E-state index contributed by atoms with van der Waals surface area (Å²) in [7, 11) is -0.538. The van der Waals surface area contributed by atoms with Crippen molar-refractivity contribution in [2.75, 3.05) is 31.1 Å². The third kappa shape index (κ3) is 5.08. The first kappa shape index (κ1) is 14.5. The number of rotatable bonds is 7. The van der Waals surface area contributed by atoms with E-state index in [0.29, 0.717) is 24.7 Å². The Balaban J connectivity index is 2.43. The Hall–Kier alpha value is -0.560. The van der Waals surface area contributed by atoms with Crippen molar-refractivity contribution in [3.8, 4) is 0 Å². The quantitative estimate of drug-likeness (QED) is 0.704. The number of aliphatic hydroxyl groups is 2. The zero-order valence-corrected chi connectivity index (χ0v) is 11.5. The molecule has 0 spiro atoms. The van der Waals surface area contributed by atoms with Crippen molar-refractivity contribution in [2.45, 2.75) is 19.9 Å². The largest absolute Gasteiger partial charge is 0.390 e. The van der Waals surface area contributed by atoms with E-state index in [2.05, 4.69) is 23.9 Å². The first-order valence-corrected chi connectivity index (χ1v) is 8.50. The molecule has 0 radical (unpaired) electrons. The summed E-state index contributed by atoms with van der Waals surface area (Å²) in [6.07, 6.45) is 6.73. The zero-order valence-electron chi connectivity index (χ0n) is 10.7. The Morgan fingerprint density at radius 3 is 2.53 bits per heavy atom. The van der Waals surface area contributed by atoms with Gasteiger partial charge in [0.05, 0.1) is 31.2 Å². The summed E-state index contributed by atoms with van der Waals surface area (Å²) >= 11 is 0. The smallest absolute Gasteiger partial charge is 0.139 e. The maximum Gasteiger partial charge on any atom is 0.139 e. The number of hydrogen-bond donors (Lipinski definition) is 2. The predicted molar refractivity (Wildman–Crippen MR) is 70.3 cm³/mol. The van der Waals surface area contributed by atoms with Crippen LogP contribution in [0, 0.1) is 0 Å². The van der Waals surface area contributed by atoms with E-state index < -0.39 is 10.0 Å². The second-order valence-electron chi connectivity index (χ2n) is 4.78. The molecule has 1 aromatic heterocycles. The molecule has 0 aliphatic rings. The first-order valence-electron chi connectivity index (χ1n) is 5.47. The molecule has 17 heavy (non-hydrogen) atoms. The average Bonchev–Trinajstić information content (AvgIpc) is 2.65. The van der Waals surface area contributed by atoms with E-state index in [1.807, 2.05) is 0 Å². The SMILES string of the molecule is CS(C)(C)CCOCn1nc(CO)cc1CO. The first-order chi connectivity index (χ1) is 7.96. The molecule has 0 amide bonds. The molecule has 1 aromatic rings. The molecule has 1 heterocycles. The summed E-state index contributed by atoms with van der Waals surface area (Å²) in [5.74, 6) is 1.05. The van der Waals surface area contributed by atoms with Crippen LogP contribution in [-0.4, -0.2) is 51.1 Å². The van der Waals surface area contributed by atoms with Gasteiger partial charge in [-0.3, -0.25) is 0 Å². The van der Waals surface area contributed by atoms with Crippen LogP contribution >= 0.6 is 10.0 Å². The molecule has 0 aliphatic carbocycles. The molecule has 2 N–H and O–H groups in total. The van der Waals surface area contributed by atoms with Gasteiger partial charge in [0, 0.05) is 5.75 Å². The number of aromatic nitrogens is 2. The highest BCUT2D eigenvalue weighted by atomic mass is 32.3. The fourth-order valence-electron chi connectivity index (χ4n) is 1.29. The van der Waals surface area contributed by atoms with Crippen molar-refractivity contribution in [3.63, 3.8) is 0 Å². The molecule has 1 rings (SSSR count). The molecule has 5 nitrogen and oxygen atoms in total. The van der Waals surface area contributed by atoms with Crippen LogP contribution in [0.15, 0.2) is 6.07 Å². The van der Waals surface area contributed by atoms with E-state index in [4.69, 9.17) is 14.9 Å². The van der Waals surface area contributed by atoms with E-state index in [1.54, 1.807) is 10.7 Å². The fraction of sp³-hybridized carbons (Fsp3) is 0.727. The number of ether oxygens (including phenoxy) is 1. The third-order valence-corrected chi connectivity index (χ3v) is 3.68. The normalized spacial score (nSPS) is 13.0. The fourth-order valence-corrected chi connectivity index (χ4v) is 1.91. The maximum absolute atomic E-state index is 9.12. The average molecular weight is 262 g/mol. The molecule has 6 heteroatoms. The van der Waals surface area contributed by atoms with Crippen molar-refractivity contribution >= 4 is 10.0 Å². The minimum absolute atomic E-state index is 0.0963. The van der Waals surface area contributed by atoms with Gasteiger partial charge in [-0.25, -0.2) is 14.7 Å². The summed E-state index contributed by atoms with van der Waals surface area (Å²) < 4.78 is 7.11. The summed E-state index contributed by atoms with van der Waals surface area (Å²) in [6.45, 7) is 0.802. The highest BCUT2D eigenvalue weighted by Gasteiger charge is 2.07. The van der Waals surface area contributed by atoms with Gasteiger partial charge in [0.2, 0.25) is 0 Å². The van der Waals surface area contributed by atoms with Gasteiger partial charge >= 0.3 is 0 Å². The molecular weight excluding hydrogens is 240 g/mol. The van der Waals surface area contributed by atoms with E-state index in [-0.39, 0.29) is 13.2 Å². The minimum Gasteiger partial charge on any atom is -0.390 e. The Labute approximate surface area is 104 Å². The van der Waals surface area contributed by atoms with Crippen LogP contribution in [0.3, 0.4) is 0 Å². The Morgan fingerprint density at radius 2 is 2.00 bits per heavy atom. The number of nitrogens with zero attached hydrogens (tertiary/aromatic N) is 2. The lowest BCUT2D eigenvalue weighted by Crippen LogP contribution is -2.12. The van der Waals surface area contributed by atoms with Gasteiger partial charge in [-0.2, -0.15) is 5.10 Å². The van der Waals surface area contributed by atoms with Crippen LogP contribution in [0.25, 0.3) is 0 Å². The van der Waals surface area contributed by atoms with Crippen LogP contribution < -0.4 is 0 Å². The molecule has 0 aromatic carbocycles. The molecule has 0 saturated carbocycles. The molecule has 100 valence electrons. The lowest BCUT2D eigenvalue weighted by atomic mass is 10.4. The van der Waals surface area contributed by atoms with Crippen LogP contribution in [0.4, 0.5) is 0 Å². The van der Waals surface area contributed by atoms with Crippen LogP contribution in [-0.2, 0) is 24.7 Å². The van der Waals surface area contributed by atoms with Gasteiger partial charge in [-0.1, -0.05) is 0 Å². The van der Waals surface area contributed by atoms with Gasteiger partial charge in [0.1, 0.15) is 6.73 Å². The molecule has 0 bridgehead atoms. The van der Waals surface area contributed by atoms with Gasteiger partial charge in [0.25, 0.3) is 0 Å².